The van der Waals surface area contributed by atoms with Crippen LogP contribution in [0.3, 0.4) is 0 Å². The molecular weight excluding hydrogens is 168 g/mol. The van der Waals surface area contributed by atoms with Crippen molar-refractivity contribution in [2.45, 2.75) is 6.35 Å². The van der Waals surface area contributed by atoms with Crippen LogP contribution in [0.25, 0.3) is 0 Å². The summed E-state index contributed by atoms with van der Waals surface area (Å²) >= 11 is 0. The molecule has 0 aromatic rings. The van der Waals surface area contributed by atoms with Gasteiger partial charge in [-0.2, -0.15) is 0 Å². The summed E-state index contributed by atoms with van der Waals surface area (Å²) in [5.41, 5.74) is 2.00. The Hall–Kier alpha value is -0.163. The van der Waals surface area contributed by atoms with Gasteiger partial charge in [-0.05, 0) is 28.2 Å². The molecule has 0 aliphatic carbocycles. The highest BCUT2D eigenvalue weighted by molar-refractivity contribution is 6.41. The molecule has 0 rings (SSSR count). The Balaban J connectivity index is 3.71. The molecule has 0 amide bonds. The van der Waals surface area contributed by atoms with Crippen molar-refractivity contribution >= 4 is 9.52 Å². The fourth-order valence-electron chi connectivity index (χ4n) is 1.02. The predicted octanol–water partition coefficient (Wildman–Crippen LogP) is -0.320. The Morgan fingerprint density at radius 2 is 1.83 bits per heavy atom. The van der Waals surface area contributed by atoms with Gasteiger partial charge in [0.05, 0.1) is 9.52 Å². The van der Waals surface area contributed by atoms with Gasteiger partial charge < -0.3 is 4.74 Å². The molecule has 12 heavy (non-hydrogen) atoms. The molecule has 0 aliphatic rings. The van der Waals surface area contributed by atoms with Crippen LogP contribution in [0.15, 0.2) is 12.3 Å². The third-order valence-corrected chi connectivity index (χ3v) is 2.35. The number of ether oxygens (including phenoxy) is 1. The maximum atomic E-state index is 5.65. The molecule has 0 N–H and O–H groups in total. The molecule has 0 fully saturated rings. The first-order valence-corrected chi connectivity index (χ1v) is 5.96. The second-order valence-electron chi connectivity index (χ2n) is 3.20. The molecule has 0 aromatic carbocycles. The number of nitrogens with zero attached hydrogens (tertiary/aromatic N) is 2. The van der Waals surface area contributed by atoms with Crippen molar-refractivity contribution in [3.05, 3.63) is 12.3 Å². The van der Waals surface area contributed by atoms with Gasteiger partial charge in [0.2, 0.25) is 0 Å². The van der Waals surface area contributed by atoms with Gasteiger partial charge in [0.1, 0.15) is 0 Å². The van der Waals surface area contributed by atoms with Gasteiger partial charge in [-0.1, -0.05) is 0 Å². The lowest BCUT2D eigenvalue weighted by molar-refractivity contribution is -0.103. The number of hydrogen-bond acceptors (Lipinski definition) is 3. The molecule has 0 spiro atoms. The lowest BCUT2D eigenvalue weighted by Gasteiger charge is -2.29. The Morgan fingerprint density at radius 1 is 1.33 bits per heavy atom. The molecule has 72 valence electrons. The molecule has 0 bridgehead atoms. The van der Waals surface area contributed by atoms with Crippen LogP contribution in [0, 0.1) is 0 Å². The third kappa shape index (κ3) is 4.66. The summed E-state index contributed by atoms with van der Waals surface area (Å²) in [5.74, 6) is 0. The standard InChI is InChI=1S/C8H20N2OSi/c1-6-12-7-11-8(9(2)3)10(4)5/h6,8H,1,7,12H2,2-5H3. The normalized spacial score (nSPS) is 12.6. The molecule has 0 unspecified atom stereocenters. The van der Waals surface area contributed by atoms with Crippen LogP contribution in [0.5, 0.6) is 0 Å². The smallest absolute Gasteiger partial charge is 0.167 e. The summed E-state index contributed by atoms with van der Waals surface area (Å²) in [6.45, 7) is 3.70. The lowest BCUT2D eigenvalue weighted by Crippen LogP contribution is -2.43. The van der Waals surface area contributed by atoms with Gasteiger partial charge in [0.15, 0.2) is 6.35 Å². The molecule has 0 saturated carbocycles. The van der Waals surface area contributed by atoms with Crippen LogP contribution in [-0.2, 0) is 4.74 Å². The van der Waals surface area contributed by atoms with Gasteiger partial charge in [-0.15, -0.1) is 12.3 Å². The quantitative estimate of drug-likeness (QED) is 0.323. The minimum absolute atomic E-state index is 0.0949. The molecule has 3 nitrogen and oxygen atoms in total. The van der Waals surface area contributed by atoms with E-state index in [2.05, 4.69) is 16.4 Å². The van der Waals surface area contributed by atoms with Crippen LogP contribution < -0.4 is 0 Å². The van der Waals surface area contributed by atoms with E-state index in [0.29, 0.717) is 0 Å². The molecule has 0 aliphatic heterocycles. The van der Waals surface area contributed by atoms with Crippen molar-refractivity contribution < 1.29 is 4.74 Å². The van der Waals surface area contributed by atoms with Crippen molar-refractivity contribution in [2.75, 3.05) is 34.4 Å². The van der Waals surface area contributed by atoms with E-state index in [9.17, 15) is 0 Å². The summed E-state index contributed by atoms with van der Waals surface area (Å²) in [5, 5.41) is 0. The van der Waals surface area contributed by atoms with E-state index in [-0.39, 0.29) is 15.9 Å². The molecule has 0 heterocycles. The minimum atomic E-state index is -0.197. The first kappa shape index (κ1) is 11.8. The highest BCUT2D eigenvalue weighted by Crippen LogP contribution is 1.97. The molecule has 0 atom stereocenters. The van der Waals surface area contributed by atoms with Crippen molar-refractivity contribution in [3.63, 3.8) is 0 Å². The highest BCUT2D eigenvalue weighted by atomic mass is 28.2. The Morgan fingerprint density at radius 3 is 2.17 bits per heavy atom. The van der Waals surface area contributed by atoms with Crippen LogP contribution in [-0.4, -0.2) is 60.1 Å². The second-order valence-corrected chi connectivity index (χ2v) is 4.76. The topological polar surface area (TPSA) is 15.7 Å². The van der Waals surface area contributed by atoms with Gasteiger partial charge in [0.25, 0.3) is 0 Å². The lowest BCUT2D eigenvalue weighted by atomic mass is 10.7. The molecular formula is C8H20N2OSi. The fraction of sp³-hybridized carbons (Fsp3) is 0.750. The first-order chi connectivity index (χ1) is 5.59. The second kappa shape index (κ2) is 6.36. The van der Waals surface area contributed by atoms with E-state index in [4.69, 9.17) is 4.74 Å². The summed E-state index contributed by atoms with van der Waals surface area (Å²) in [6, 6.07) is 0. The Bertz CT molecular complexity index is 120. The van der Waals surface area contributed by atoms with Crippen molar-refractivity contribution in [2.24, 2.45) is 0 Å². The van der Waals surface area contributed by atoms with E-state index in [1.807, 2.05) is 33.9 Å². The monoisotopic (exact) mass is 188 g/mol. The first-order valence-electron chi connectivity index (χ1n) is 4.15. The Labute approximate surface area is 77.8 Å². The van der Waals surface area contributed by atoms with E-state index < -0.39 is 0 Å². The molecule has 4 heteroatoms. The largest absolute Gasteiger partial charge is 0.353 e. The SMILES string of the molecule is C=C[SiH2]COC(N(C)C)N(C)C. The minimum Gasteiger partial charge on any atom is -0.353 e. The average molecular weight is 188 g/mol. The fourth-order valence-corrected chi connectivity index (χ4v) is 1.53. The zero-order chi connectivity index (χ0) is 9.56. The van der Waals surface area contributed by atoms with E-state index in [0.717, 1.165) is 6.23 Å². The van der Waals surface area contributed by atoms with Crippen LogP contribution in [0.2, 0.25) is 0 Å². The molecule has 0 aromatic heterocycles. The van der Waals surface area contributed by atoms with Crippen molar-refractivity contribution in [3.8, 4) is 0 Å². The number of rotatable bonds is 6. The van der Waals surface area contributed by atoms with Crippen molar-refractivity contribution in [1.82, 2.24) is 9.80 Å². The van der Waals surface area contributed by atoms with Gasteiger partial charge >= 0.3 is 0 Å². The maximum Gasteiger partial charge on any atom is 0.167 e. The van der Waals surface area contributed by atoms with Gasteiger partial charge in [-0.3, -0.25) is 9.80 Å². The Kier molecular flexibility index (Phi) is 6.28. The summed E-state index contributed by atoms with van der Waals surface area (Å²) < 4.78 is 5.65. The highest BCUT2D eigenvalue weighted by Gasteiger charge is 2.12. The van der Waals surface area contributed by atoms with Crippen LogP contribution >= 0.6 is 0 Å². The zero-order valence-electron chi connectivity index (χ0n) is 8.58. The maximum absolute atomic E-state index is 5.65. The average Bonchev–Trinajstić information content (AvgIpc) is 1.96. The molecule has 0 saturated heterocycles. The van der Waals surface area contributed by atoms with E-state index in [1.165, 1.54) is 0 Å². The van der Waals surface area contributed by atoms with Gasteiger partial charge in [0, 0.05) is 6.23 Å². The third-order valence-electron chi connectivity index (χ3n) is 1.47. The van der Waals surface area contributed by atoms with E-state index >= 15 is 0 Å². The summed E-state index contributed by atoms with van der Waals surface area (Å²) in [4.78, 5) is 4.11. The molecule has 0 radical (unpaired) electrons. The van der Waals surface area contributed by atoms with Crippen LogP contribution in [0.1, 0.15) is 0 Å². The van der Waals surface area contributed by atoms with Crippen molar-refractivity contribution in [1.29, 1.82) is 0 Å². The predicted molar refractivity (Wildman–Crippen MR) is 55.9 cm³/mol. The number of hydrogen-bond donors (Lipinski definition) is 0. The van der Waals surface area contributed by atoms with Crippen LogP contribution in [0.4, 0.5) is 0 Å². The summed E-state index contributed by atoms with van der Waals surface area (Å²) in [7, 11) is 7.86. The van der Waals surface area contributed by atoms with Gasteiger partial charge in [-0.25, -0.2) is 0 Å². The zero-order valence-corrected chi connectivity index (χ0v) is 9.99. The van der Waals surface area contributed by atoms with E-state index in [1.54, 1.807) is 0 Å². The summed E-state index contributed by atoms with van der Waals surface area (Å²) in [6.07, 6.45) is 0.960.